The highest BCUT2D eigenvalue weighted by Crippen LogP contribution is 2.40. The SMILES string of the molecule is CN1CCC[C@]2(CCN(C(=O)c3sccc3S(N)(=O)=O)C2)C1=O. The number of amides is 2. The molecule has 2 amide bonds. The molecule has 2 saturated heterocycles. The smallest absolute Gasteiger partial charge is 0.265 e. The largest absolute Gasteiger partial charge is 0.345 e. The monoisotopic (exact) mass is 357 g/mol. The van der Waals surface area contributed by atoms with Gasteiger partial charge in [-0.1, -0.05) is 0 Å². The van der Waals surface area contributed by atoms with Gasteiger partial charge in [0.1, 0.15) is 9.77 Å². The molecule has 2 N–H and O–H groups in total. The number of carbonyl (C=O) groups is 2. The fourth-order valence-electron chi connectivity index (χ4n) is 3.51. The van der Waals surface area contributed by atoms with Crippen molar-refractivity contribution < 1.29 is 18.0 Å². The lowest BCUT2D eigenvalue weighted by Crippen LogP contribution is -2.48. The molecule has 0 radical (unpaired) electrons. The third-order valence-corrected chi connectivity index (χ3v) is 6.70. The first-order valence-corrected chi connectivity index (χ1v) is 9.82. The summed E-state index contributed by atoms with van der Waals surface area (Å²) in [5.41, 5.74) is -0.512. The van der Waals surface area contributed by atoms with Gasteiger partial charge in [-0.3, -0.25) is 9.59 Å². The first-order valence-electron chi connectivity index (χ1n) is 7.40. The Morgan fingerprint density at radius 3 is 2.78 bits per heavy atom. The van der Waals surface area contributed by atoms with Gasteiger partial charge < -0.3 is 9.80 Å². The zero-order valence-corrected chi connectivity index (χ0v) is 14.5. The number of hydrogen-bond donors (Lipinski definition) is 1. The number of piperidine rings is 1. The van der Waals surface area contributed by atoms with Gasteiger partial charge in [-0.2, -0.15) is 0 Å². The van der Waals surface area contributed by atoms with E-state index >= 15 is 0 Å². The van der Waals surface area contributed by atoms with Crippen LogP contribution in [-0.4, -0.2) is 56.7 Å². The van der Waals surface area contributed by atoms with Gasteiger partial charge in [0.25, 0.3) is 5.91 Å². The first kappa shape index (κ1) is 16.4. The second-order valence-corrected chi connectivity index (χ2v) is 8.69. The summed E-state index contributed by atoms with van der Waals surface area (Å²) in [5, 5.41) is 6.70. The predicted molar refractivity (Wildman–Crippen MR) is 85.5 cm³/mol. The number of thiophene rings is 1. The predicted octanol–water partition coefficient (Wildman–Crippen LogP) is 0.480. The summed E-state index contributed by atoms with van der Waals surface area (Å²) >= 11 is 1.06. The molecule has 1 aromatic rings. The van der Waals surface area contributed by atoms with Crippen LogP contribution in [0.25, 0.3) is 0 Å². The normalized spacial score (nSPS) is 25.4. The number of nitrogens with two attached hydrogens (primary N) is 1. The first-order chi connectivity index (χ1) is 10.7. The third kappa shape index (κ3) is 2.77. The molecule has 0 aromatic carbocycles. The highest BCUT2D eigenvalue weighted by Gasteiger charge is 2.49. The van der Waals surface area contributed by atoms with Crippen molar-refractivity contribution in [3.8, 4) is 0 Å². The van der Waals surface area contributed by atoms with Gasteiger partial charge in [-0.15, -0.1) is 11.3 Å². The quantitative estimate of drug-likeness (QED) is 0.832. The molecule has 3 rings (SSSR count). The average molecular weight is 357 g/mol. The van der Waals surface area contributed by atoms with Crippen LogP contribution in [0.5, 0.6) is 0 Å². The van der Waals surface area contributed by atoms with Crippen LogP contribution in [0, 0.1) is 5.41 Å². The molecule has 3 heterocycles. The van der Waals surface area contributed by atoms with Crippen molar-refractivity contribution in [1.82, 2.24) is 9.80 Å². The van der Waals surface area contributed by atoms with Gasteiger partial charge in [0, 0.05) is 26.7 Å². The average Bonchev–Trinajstić information content (AvgIpc) is 3.11. The summed E-state index contributed by atoms with van der Waals surface area (Å²) in [6, 6.07) is 1.35. The van der Waals surface area contributed by atoms with E-state index in [1.54, 1.807) is 22.2 Å². The minimum atomic E-state index is -3.93. The molecule has 0 saturated carbocycles. The molecule has 1 atom stereocenters. The van der Waals surface area contributed by atoms with Crippen LogP contribution >= 0.6 is 11.3 Å². The Labute approximate surface area is 139 Å². The molecule has 2 fully saturated rings. The second kappa shape index (κ2) is 5.57. The Kier molecular flexibility index (Phi) is 3.97. The maximum Gasteiger partial charge on any atom is 0.265 e. The Morgan fingerprint density at radius 1 is 1.35 bits per heavy atom. The van der Waals surface area contributed by atoms with Crippen molar-refractivity contribution in [2.75, 3.05) is 26.7 Å². The molecule has 0 aliphatic carbocycles. The lowest BCUT2D eigenvalue weighted by atomic mass is 9.78. The van der Waals surface area contributed by atoms with Crippen LogP contribution in [0.2, 0.25) is 0 Å². The third-order valence-electron chi connectivity index (χ3n) is 4.72. The molecular weight excluding hydrogens is 338 g/mol. The van der Waals surface area contributed by atoms with Gasteiger partial charge >= 0.3 is 0 Å². The summed E-state index contributed by atoms with van der Waals surface area (Å²) in [7, 11) is -2.15. The topological polar surface area (TPSA) is 101 Å². The van der Waals surface area contributed by atoms with Crippen molar-refractivity contribution in [3.63, 3.8) is 0 Å². The lowest BCUT2D eigenvalue weighted by molar-refractivity contribution is -0.143. The maximum absolute atomic E-state index is 12.7. The Morgan fingerprint density at radius 2 is 2.09 bits per heavy atom. The van der Waals surface area contributed by atoms with Gasteiger partial charge in [0.2, 0.25) is 15.9 Å². The number of primary sulfonamides is 1. The number of hydrogen-bond acceptors (Lipinski definition) is 5. The van der Waals surface area contributed by atoms with Crippen molar-refractivity contribution in [1.29, 1.82) is 0 Å². The highest BCUT2D eigenvalue weighted by atomic mass is 32.2. The maximum atomic E-state index is 12.7. The highest BCUT2D eigenvalue weighted by molar-refractivity contribution is 7.89. The lowest BCUT2D eigenvalue weighted by Gasteiger charge is -2.37. The van der Waals surface area contributed by atoms with Crippen LogP contribution < -0.4 is 5.14 Å². The van der Waals surface area contributed by atoms with E-state index in [-0.39, 0.29) is 21.6 Å². The Bertz CT molecular complexity index is 758. The van der Waals surface area contributed by atoms with E-state index in [4.69, 9.17) is 5.14 Å². The number of rotatable bonds is 2. The number of likely N-dealkylation sites (tertiary alicyclic amines) is 2. The van der Waals surface area contributed by atoms with E-state index in [0.29, 0.717) is 19.5 Å². The standard InChI is InChI=1S/C14H19N3O4S2/c1-16-6-2-4-14(13(16)19)5-7-17(9-14)12(18)11-10(3-8-22-11)23(15,20)21/h3,8H,2,4-7,9H2,1H3,(H2,15,20,21)/t14-/m1/s1. The van der Waals surface area contributed by atoms with Gasteiger partial charge in [-0.05, 0) is 30.7 Å². The van der Waals surface area contributed by atoms with Gasteiger partial charge in [0.15, 0.2) is 0 Å². The molecule has 9 heteroatoms. The van der Waals surface area contributed by atoms with Crippen molar-refractivity contribution in [3.05, 3.63) is 16.3 Å². The minimum Gasteiger partial charge on any atom is -0.345 e. The second-order valence-electron chi connectivity index (χ2n) is 6.25. The molecule has 2 aliphatic heterocycles. The molecule has 23 heavy (non-hydrogen) atoms. The van der Waals surface area contributed by atoms with E-state index in [1.165, 1.54) is 6.07 Å². The van der Waals surface area contributed by atoms with Crippen LogP contribution in [0.4, 0.5) is 0 Å². The Balaban J connectivity index is 1.84. The van der Waals surface area contributed by atoms with Crippen molar-refractivity contribution >= 4 is 33.2 Å². The molecule has 0 bridgehead atoms. The Hall–Kier alpha value is -1.45. The summed E-state index contributed by atoms with van der Waals surface area (Å²) in [6.07, 6.45) is 2.32. The van der Waals surface area contributed by atoms with E-state index in [1.807, 2.05) is 0 Å². The molecule has 2 aliphatic rings. The number of carbonyl (C=O) groups excluding carboxylic acids is 2. The van der Waals surface area contributed by atoms with Gasteiger partial charge in [-0.25, -0.2) is 13.6 Å². The summed E-state index contributed by atoms with van der Waals surface area (Å²) in [5.74, 6) is -0.279. The fourth-order valence-corrected chi connectivity index (χ4v) is 5.45. The zero-order valence-electron chi connectivity index (χ0n) is 12.8. The molecule has 1 spiro atoms. The van der Waals surface area contributed by atoms with Crippen molar-refractivity contribution in [2.24, 2.45) is 10.6 Å². The van der Waals surface area contributed by atoms with E-state index in [0.717, 1.165) is 30.7 Å². The van der Waals surface area contributed by atoms with Crippen LogP contribution in [0.3, 0.4) is 0 Å². The zero-order chi connectivity index (χ0) is 16.8. The number of nitrogens with zero attached hydrogens (tertiary/aromatic N) is 2. The van der Waals surface area contributed by atoms with Crippen molar-refractivity contribution in [2.45, 2.75) is 24.2 Å². The molecule has 7 nitrogen and oxygen atoms in total. The van der Waals surface area contributed by atoms with E-state index in [9.17, 15) is 18.0 Å². The van der Waals surface area contributed by atoms with E-state index < -0.39 is 15.4 Å². The number of sulfonamides is 1. The van der Waals surface area contributed by atoms with Gasteiger partial charge in [0.05, 0.1) is 5.41 Å². The van der Waals surface area contributed by atoms with E-state index in [2.05, 4.69) is 0 Å². The van der Waals surface area contributed by atoms with Crippen LogP contribution in [0.1, 0.15) is 28.9 Å². The fraction of sp³-hybridized carbons (Fsp3) is 0.571. The molecule has 1 aromatic heterocycles. The molecule has 126 valence electrons. The molecular formula is C14H19N3O4S2. The summed E-state index contributed by atoms with van der Waals surface area (Å²) in [4.78, 5) is 28.5. The van der Waals surface area contributed by atoms with Crippen LogP contribution in [-0.2, 0) is 14.8 Å². The minimum absolute atomic E-state index is 0.0805. The summed E-state index contributed by atoms with van der Waals surface area (Å²) in [6.45, 7) is 1.55. The molecule has 0 unspecified atom stereocenters. The summed E-state index contributed by atoms with van der Waals surface area (Å²) < 4.78 is 23.2. The van der Waals surface area contributed by atoms with Crippen LogP contribution in [0.15, 0.2) is 16.3 Å².